The molecule has 0 radical (unpaired) electrons. The molecule has 136 valence electrons. The minimum Gasteiger partial charge on any atom is -0.225 e. The maximum Gasteiger partial charge on any atom is 0.205 e. The Bertz CT molecular complexity index is 1270. The summed E-state index contributed by atoms with van der Waals surface area (Å²) in [5.74, 6) is 0.780. The Morgan fingerprint density at radius 1 is 0.929 bits per heavy atom. The summed E-state index contributed by atoms with van der Waals surface area (Å²) >= 11 is 1.49. The van der Waals surface area contributed by atoms with E-state index in [0.29, 0.717) is 11.6 Å². The average molecular weight is 388 g/mol. The lowest BCUT2D eigenvalue weighted by atomic mass is 10.1. The third kappa shape index (κ3) is 2.84. The number of tetrazole rings is 1. The number of fused-ring (bicyclic) bond motifs is 1. The summed E-state index contributed by atoms with van der Waals surface area (Å²) in [5, 5.41) is 15.7. The van der Waals surface area contributed by atoms with Crippen LogP contribution in [-0.2, 0) is 0 Å². The molecule has 0 spiro atoms. The maximum atomic E-state index is 13.3. The first kappa shape index (κ1) is 16.6. The van der Waals surface area contributed by atoms with Crippen LogP contribution >= 0.6 is 11.3 Å². The van der Waals surface area contributed by atoms with Gasteiger partial charge in [0.25, 0.3) is 0 Å². The third-order valence-corrected chi connectivity index (χ3v) is 5.30. The molecular weight excluding hydrogens is 375 g/mol. The monoisotopic (exact) mass is 388 g/mol. The van der Waals surface area contributed by atoms with Gasteiger partial charge in [-0.1, -0.05) is 42.0 Å². The molecule has 5 aromatic rings. The van der Waals surface area contributed by atoms with Crippen LogP contribution < -0.4 is 0 Å². The highest BCUT2D eigenvalue weighted by Gasteiger charge is 2.17. The lowest BCUT2D eigenvalue weighted by Crippen LogP contribution is -2.03. The molecule has 8 heteroatoms. The van der Waals surface area contributed by atoms with Gasteiger partial charge < -0.3 is 0 Å². The van der Waals surface area contributed by atoms with E-state index in [0.717, 1.165) is 32.5 Å². The summed E-state index contributed by atoms with van der Waals surface area (Å²) in [4.78, 5) is 11.0. The van der Waals surface area contributed by atoms with Gasteiger partial charge in [0.2, 0.25) is 5.82 Å². The van der Waals surface area contributed by atoms with Gasteiger partial charge in [-0.15, -0.1) is 26.3 Å². The van der Waals surface area contributed by atoms with Crippen LogP contribution in [0.15, 0.2) is 60.2 Å². The second-order valence-electron chi connectivity index (χ2n) is 6.30. The Balaban J connectivity index is 1.64. The molecule has 0 saturated carbocycles. The predicted molar refractivity (Wildman–Crippen MR) is 106 cm³/mol. The number of halogens is 1. The van der Waals surface area contributed by atoms with Gasteiger partial charge in [-0.2, -0.15) is 0 Å². The van der Waals surface area contributed by atoms with E-state index in [4.69, 9.17) is 0 Å². The van der Waals surface area contributed by atoms with E-state index in [1.54, 1.807) is 12.1 Å². The van der Waals surface area contributed by atoms with Crippen LogP contribution in [0, 0.1) is 12.7 Å². The fraction of sp³-hybridized carbons (Fsp3) is 0.0500. The summed E-state index contributed by atoms with van der Waals surface area (Å²) in [5.41, 5.74) is 3.83. The number of thiophene rings is 1. The average Bonchev–Trinajstić information content (AvgIpc) is 3.36. The number of rotatable bonds is 3. The van der Waals surface area contributed by atoms with Crippen molar-refractivity contribution in [3.8, 4) is 28.3 Å². The molecule has 5 rings (SSSR count). The van der Waals surface area contributed by atoms with Crippen molar-refractivity contribution in [1.29, 1.82) is 0 Å². The Morgan fingerprint density at radius 3 is 2.46 bits per heavy atom. The quantitative estimate of drug-likeness (QED) is 0.457. The first-order valence-corrected chi connectivity index (χ1v) is 9.42. The van der Waals surface area contributed by atoms with Crippen LogP contribution in [0.4, 0.5) is 4.39 Å². The number of aromatic nitrogens is 6. The Kier molecular flexibility index (Phi) is 3.91. The van der Waals surface area contributed by atoms with Gasteiger partial charge in [0.05, 0.1) is 5.39 Å². The van der Waals surface area contributed by atoms with E-state index in [-0.39, 0.29) is 5.82 Å². The van der Waals surface area contributed by atoms with Gasteiger partial charge in [0.1, 0.15) is 17.0 Å². The molecule has 0 unspecified atom stereocenters. The standard InChI is InChI=1S/C20H13FN6S/c1-12-2-4-14(5-3-12)18-24-26-27(25-18)19-17-16(10-28-20(17)23-11-22-19)13-6-8-15(21)9-7-13/h2-11H,1H3. The minimum absolute atomic E-state index is 0.277. The molecule has 0 fully saturated rings. The van der Waals surface area contributed by atoms with E-state index < -0.39 is 0 Å². The molecule has 0 saturated heterocycles. The van der Waals surface area contributed by atoms with Gasteiger partial charge in [-0.3, -0.25) is 0 Å². The number of benzene rings is 2. The van der Waals surface area contributed by atoms with Crippen molar-refractivity contribution in [3.05, 3.63) is 71.6 Å². The number of hydrogen-bond donors (Lipinski definition) is 0. The zero-order valence-corrected chi connectivity index (χ0v) is 15.6. The molecule has 3 aromatic heterocycles. The highest BCUT2D eigenvalue weighted by atomic mass is 32.1. The first-order valence-electron chi connectivity index (χ1n) is 8.54. The molecule has 0 atom stereocenters. The molecule has 0 aliphatic rings. The van der Waals surface area contributed by atoms with Crippen LogP contribution in [0.5, 0.6) is 0 Å². The Morgan fingerprint density at radius 2 is 1.68 bits per heavy atom. The SMILES string of the molecule is Cc1ccc(-c2nnn(-c3ncnc4scc(-c5ccc(F)cc5)c34)n2)cc1. The second kappa shape index (κ2) is 6.58. The van der Waals surface area contributed by atoms with Crippen molar-refractivity contribution >= 4 is 21.6 Å². The summed E-state index contributed by atoms with van der Waals surface area (Å²) in [7, 11) is 0. The summed E-state index contributed by atoms with van der Waals surface area (Å²) < 4.78 is 13.3. The van der Waals surface area contributed by atoms with E-state index >= 15 is 0 Å². The molecule has 3 heterocycles. The molecular formula is C20H13FN6S. The third-order valence-electron chi connectivity index (χ3n) is 4.42. The highest BCUT2D eigenvalue weighted by Crippen LogP contribution is 2.35. The largest absolute Gasteiger partial charge is 0.225 e. The molecule has 0 bridgehead atoms. The highest BCUT2D eigenvalue weighted by molar-refractivity contribution is 7.17. The van der Waals surface area contributed by atoms with Crippen LogP contribution in [0.25, 0.3) is 38.5 Å². The van der Waals surface area contributed by atoms with Gasteiger partial charge in [-0.05, 0) is 29.8 Å². The van der Waals surface area contributed by atoms with E-state index in [1.807, 2.05) is 36.6 Å². The van der Waals surface area contributed by atoms with Gasteiger partial charge in [0.15, 0.2) is 5.82 Å². The molecule has 2 aromatic carbocycles. The summed E-state index contributed by atoms with van der Waals surface area (Å²) in [6, 6.07) is 14.3. The van der Waals surface area contributed by atoms with Crippen molar-refractivity contribution < 1.29 is 4.39 Å². The molecule has 0 aliphatic carbocycles. The van der Waals surface area contributed by atoms with E-state index in [2.05, 4.69) is 25.4 Å². The summed E-state index contributed by atoms with van der Waals surface area (Å²) in [6.45, 7) is 2.03. The van der Waals surface area contributed by atoms with Crippen molar-refractivity contribution in [1.82, 2.24) is 30.2 Å². The zero-order valence-electron chi connectivity index (χ0n) is 14.7. The topological polar surface area (TPSA) is 69.4 Å². The van der Waals surface area contributed by atoms with Crippen LogP contribution in [0.1, 0.15) is 5.56 Å². The van der Waals surface area contributed by atoms with Crippen LogP contribution in [0.3, 0.4) is 0 Å². The zero-order chi connectivity index (χ0) is 19.1. The van der Waals surface area contributed by atoms with Crippen molar-refractivity contribution in [3.63, 3.8) is 0 Å². The Labute approximate surface area is 163 Å². The van der Waals surface area contributed by atoms with E-state index in [1.165, 1.54) is 34.6 Å². The van der Waals surface area contributed by atoms with Crippen LogP contribution in [-0.4, -0.2) is 30.2 Å². The Hall–Kier alpha value is -3.52. The van der Waals surface area contributed by atoms with Crippen molar-refractivity contribution in [2.24, 2.45) is 0 Å². The minimum atomic E-state index is -0.277. The van der Waals surface area contributed by atoms with Gasteiger partial charge in [-0.25, -0.2) is 14.4 Å². The number of nitrogens with zero attached hydrogens (tertiary/aromatic N) is 6. The van der Waals surface area contributed by atoms with Gasteiger partial charge >= 0.3 is 0 Å². The smallest absolute Gasteiger partial charge is 0.205 e. The lowest BCUT2D eigenvalue weighted by Gasteiger charge is -2.04. The molecule has 0 N–H and O–H groups in total. The predicted octanol–water partition coefficient (Wildman–Crippen LogP) is 4.45. The van der Waals surface area contributed by atoms with Crippen LogP contribution in [0.2, 0.25) is 0 Å². The molecule has 6 nitrogen and oxygen atoms in total. The van der Waals surface area contributed by atoms with Gasteiger partial charge in [0, 0.05) is 16.5 Å². The summed E-state index contributed by atoms with van der Waals surface area (Å²) in [6.07, 6.45) is 1.48. The number of aryl methyl sites for hydroxylation is 1. The maximum absolute atomic E-state index is 13.3. The molecule has 0 amide bonds. The number of hydrogen-bond acceptors (Lipinski definition) is 6. The second-order valence-corrected chi connectivity index (χ2v) is 7.16. The van der Waals surface area contributed by atoms with Crippen molar-refractivity contribution in [2.45, 2.75) is 6.92 Å². The molecule has 0 aliphatic heterocycles. The lowest BCUT2D eigenvalue weighted by molar-refractivity contribution is 0.628. The van der Waals surface area contributed by atoms with Crippen molar-refractivity contribution in [2.75, 3.05) is 0 Å². The normalized spacial score (nSPS) is 11.2. The van der Waals surface area contributed by atoms with E-state index in [9.17, 15) is 4.39 Å². The first-order chi connectivity index (χ1) is 13.7. The fourth-order valence-corrected chi connectivity index (χ4v) is 3.89. The fourth-order valence-electron chi connectivity index (χ4n) is 2.98. The molecule has 28 heavy (non-hydrogen) atoms.